The molecule has 9 aromatic rings. The number of hydrogen-bond donors (Lipinski definition) is 3. The molecule has 23 nitrogen and oxygen atoms in total. The second-order valence-electron chi connectivity index (χ2n) is 22.3. The Balaban J connectivity index is 0.722. The van der Waals surface area contributed by atoms with Crippen LogP contribution in [0.1, 0.15) is 93.4 Å². The molecule has 1 aliphatic carbocycles. The SMILES string of the molecule is COc1ccc(C(OC[C@H]2O[C@@H](n3cc(C)c(=O)[nH]c3=O)CC2OP(=O)(OCCC#N)OC[C@H]2O[C@@H](n3cnc4c(NC(=O)c5ccc(CCC(=O)OCC6c7ccccc7-c7ccccc76)cc5)ncnc43)CC2O)(c2ccccc2)c2ccc(OC)cc2)cc1. The van der Waals surface area contributed by atoms with Crippen LogP contribution in [-0.2, 0) is 53.9 Å². The smallest absolute Gasteiger partial charge is 0.475 e. The first-order chi connectivity index (χ1) is 44.7. The van der Waals surface area contributed by atoms with Gasteiger partial charge in [0.1, 0.15) is 60.8 Å². The van der Waals surface area contributed by atoms with Gasteiger partial charge in [-0.05, 0) is 94.3 Å². The van der Waals surface area contributed by atoms with Gasteiger partial charge < -0.3 is 38.8 Å². The molecule has 0 bridgehead atoms. The zero-order valence-electron chi connectivity index (χ0n) is 50.4. The fourth-order valence-corrected chi connectivity index (χ4v) is 13.4. The summed E-state index contributed by atoms with van der Waals surface area (Å²) in [7, 11) is -1.63. The number of ether oxygens (including phenoxy) is 6. The quantitative estimate of drug-likeness (QED) is 0.0208. The van der Waals surface area contributed by atoms with Gasteiger partial charge in [-0.25, -0.2) is 24.3 Å². The summed E-state index contributed by atoms with van der Waals surface area (Å²) in [5, 5.41) is 23.9. The highest BCUT2D eigenvalue weighted by Crippen LogP contribution is 2.54. The van der Waals surface area contributed by atoms with E-state index in [1.54, 1.807) is 43.1 Å². The Hall–Kier alpha value is -9.47. The number of aliphatic hydroxyl groups excluding tert-OH is 1. The number of aromatic nitrogens is 6. The summed E-state index contributed by atoms with van der Waals surface area (Å²) >= 11 is 0. The summed E-state index contributed by atoms with van der Waals surface area (Å²) in [6.45, 7) is 0.575. The van der Waals surface area contributed by atoms with Gasteiger partial charge in [0.25, 0.3) is 11.5 Å². The number of amides is 1. The summed E-state index contributed by atoms with van der Waals surface area (Å²) in [5.41, 5.74) is 5.86. The number of carbonyl (C=O) groups is 2. The highest BCUT2D eigenvalue weighted by atomic mass is 31.2. The standard InChI is InChI=1S/C68H65N8O15P/c1-42-36-75(67(81)74-65(42)79)60-35-56(58(90-60)38-86-68(45-12-5-4-6-13-45,46-23-27-48(83-2)28-24-46)47-25-29-49(84-3)30-26-47)91-92(82,87-33-11-32-69)88-39-57-55(77)34-59(89-57)76-41-72-62-63(70-40-71-64(62)76)73-66(80)44-21-18-43(19-22-44)20-31-61(78)85-37-54-52-16-9-7-14-50(52)51-15-8-10-17-53(51)54/h4-10,12-19,21-30,36,40-41,54-60,77H,11,20,31,33-35,37-39H2,1-3H3,(H,74,79,81)(H,70,71,73,80)/t55?,56?,57-,58-,59-,60-,92?/m1/s1. The number of carbonyl (C=O) groups excluding carboxylic acids is 2. The molecule has 24 heteroatoms. The molecular formula is C68H65N8O15P. The Labute approximate surface area is 528 Å². The number of esters is 1. The summed E-state index contributed by atoms with van der Waals surface area (Å²) < 4.78 is 73.1. The van der Waals surface area contributed by atoms with Gasteiger partial charge in [-0.15, -0.1) is 0 Å². The largest absolute Gasteiger partial charge is 0.497 e. The zero-order valence-corrected chi connectivity index (χ0v) is 51.3. The first kappa shape index (κ1) is 62.7. The van der Waals surface area contributed by atoms with Crippen LogP contribution in [0.25, 0.3) is 22.3 Å². The van der Waals surface area contributed by atoms with Crippen LogP contribution in [0.2, 0.25) is 0 Å². The minimum atomic E-state index is -4.77. The van der Waals surface area contributed by atoms with E-state index in [1.165, 1.54) is 30.3 Å². The highest BCUT2D eigenvalue weighted by Gasteiger charge is 2.47. The molecule has 2 saturated heterocycles. The fourth-order valence-electron chi connectivity index (χ4n) is 12.0. The summed E-state index contributed by atoms with van der Waals surface area (Å²) in [6, 6.07) is 49.4. The van der Waals surface area contributed by atoms with Crippen LogP contribution in [0, 0.1) is 18.3 Å². The van der Waals surface area contributed by atoms with Crippen LogP contribution < -0.4 is 26.0 Å². The third-order valence-corrected chi connectivity index (χ3v) is 18.2. The third-order valence-electron chi connectivity index (χ3n) is 16.7. The summed E-state index contributed by atoms with van der Waals surface area (Å²) in [4.78, 5) is 68.2. The normalized spacial score (nSPS) is 19.2. The van der Waals surface area contributed by atoms with E-state index in [0.717, 1.165) is 33.4 Å². The predicted octanol–water partition coefficient (Wildman–Crippen LogP) is 9.63. The van der Waals surface area contributed by atoms with Gasteiger partial charge in [-0.3, -0.25) is 42.1 Å². The average Bonchev–Trinajstić information content (AvgIpc) is 0.972. The average molecular weight is 1270 g/mol. The number of phosphoric ester groups is 1. The zero-order chi connectivity index (χ0) is 63.9. The number of nitriles is 1. The van der Waals surface area contributed by atoms with Gasteiger partial charge in [0.05, 0.1) is 59.0 Å². The molecule has 2 fully saturated rings. The molecule has 3 aromatic heterocycles. The van der Waals surface area contributed by atoms with Crippen LogP contribution in [0.4, 0.5) is 5.82 Å². The van der Waals surface area contributed by atoms with E-state index < -0.39 is 74.1 Å². The lowest BCUT2D eigenvalue weighted by Crippen LogP contribution is -2.38. The fraction of sp³-hybridized carbons (Fsp3) is 0.294. The number of imidazole rings is 1. The molecule has 0 spiro atoms. The number of nitrogens with zero attached hydrogens (tertiary/aromatic N) is 6. The van der Waals surface area contributed by atoms with Gasteiger partial charge >= 0.3 is 19.5 Å². The highest BCUT2D eigenvalue weighted by molar-refractivity contribution is 7.48. The van der Waals surface area contributed by atoms with Crippen molar-refractivity contribution in [1.82, 2.24) is 29.1 Å². The molecule has 2 aliphatic heterocycles. The Morgan fingerprint density at radius 1 is 0.750 bits per heavy atom. The molecule has 5 heterocycles. The number of hydrogen-bond acceptors (Lipinski definition) is 19. The van der Waals surface area contributed by atoms with Crippen molar-refractivity contribution in [3.8, 4) is 28.7 Å². The summed E-state index contributed by atoms with van der Waals surface area (Å²) in [5.74, 6) is 0.479. The number of methoxy groups -OCH3 is 2. The van der Waals surface area contributed by atoms with Gasteiger partial charge in [-0.2, -0.15) is 5.26 Å². The van der Waals surface area contributed by atoms with E-state index in [2.05, 4.69) is 49.5 Å². The number of benzene rings is 6. The van der Waals surface area contributed by atoms with E-state index >= 15 is 4.57 Å². The molecule has 3 unspecified atom stereocenters. The number of aliphatic hydroxyl groups is 1. The first-order valence-electron chi connectivity index (χ1n) is 29.9. The number of nitrogens with one attached hydrogen (secondary N) is 2. The van der Waals surface area contributed by atoms with Crippen LogP contribution in [-0.4, -0.2) is 111 Å². The monoisotopic (exact) mass is 1260 g/mol. The number of fused-ring (bicyclic) bond motifs is 4. The lowest BCUT2D eigenvalue weighted by molar-refractivity contribution is -0.143. The minimum Gasteiger partial charge on any atom is -0.497 e. The van der Waals surface area contributed by atoms with Crippen molar-refractivity contribution in [2.24, 2.45) is 0 Å². The molecule has 7 atom stereocenters. The van der Waals surface area contributed by atoms with Crippen molar-refractivity contribution < 1.29 is 61.3 Å². The number of aryl methyl sites for hydroxylation is 2. The van der Waals surface area contributed by atoms with Crippen molar-refractivity contribution >= 4 is 36.7 Å². The molecule has 6 aromatic carbocycles. The molecule has 472 valence electrons. The lowest BCUT2D eigenvalue weighted by Gasteiger charge is -2.37. The van der Waals surface area contributed by atoms with Crippen molar-refractivity contribution in [3.63, 3.8) is 0 Å². The second kappa shape index (κ2) is 27.6. The number of H-pyrrole nitrogens is 1. The molecule has 12 rings (SSSR count). The molecule has 0 radical (unpaired) electrons. The maximum Gasteiger partial charge on any atom is 0.475 e. The predicted molar refractivity (Wildman–Crippen MR) is 335 cm³/mol. The van der Waals surface area contributed by atoms with Crippen LogP contribution >= 0.6 is 7.82 Å². The Morgan fingerprint density at radius 2 is 1.38 bits per heavy atom. The molecule has 0 saturated carbocycles. The van der Waals surface area contributed by atoms with Crippen LogP contribution in [0.3, 0.4) is 0 Å². The molecule has 3 N–H and O–H groups in total. The van der Waals surface area contributed by atoms with Crippen molar-refractivity contribution in [2.45, 2.75) is 87.4 Å². The van der Waals surface area contributed by atoms with Gasteiger partial charge in [0, 0.05) is 42.5 Å². The lowest BCUT2D eigenvalue weighted by atomic mass is 9.80. The van der Waals surface area contributed by atoms with E-state index in [1.807, 2.05) is 109 Å². The van der Waals surface area contributed by atoms with Gasteiger partial charge in [0.15, 0.2) is 17.0 Å². The number of aromatic amines is 1. The first-order valence-corrected chi connectivity index (χ1v) is 31.4. The van der Waals surface area contributed by atoms with Crippen molar-refractivity contribution in [1.29, 1.82) is 5.26 Å². The van der Waals surface area contributed by atoms with Crippen molar-refractivity contribution in [3.05, 3.63) is 236 Å². The Morgan fingerprint density at radius 3 is 2.04 bits per heavy atom. The number of anilines is 1. The second-order valence-corrected chi connectivity index (χ2v) is 23.9. The third kappa shape index (κ3) is 13.2. The van der Waals surface area contributed by atoms with E-state index in [9.17, 15) is 29.5 Å². The van der Waals surface area contributed by atoms with E-state index in [-0.39, 0.29) is 79.9 Å². The Bertz CT molecular complexity index is 4240. The van der Waals surface area contributed by atoms with Gasteiger partial charge in [0.2, 0.25) is 0 Å². The van der Waals surface area contributed by atoms with Crippen LogP contribution in [0.15, 0.2) is 180 Å². The maximum atomic E-state index is 15.1. The molecule has 3 aliphatic rings. The minimum absolute atomic E-state index is 0.00424. The Kier molecular flexibility index (Phi) is 18.8. The van der Waals surface area contributed by atoms with E-state index in [0.29, 0.717) is 34.6 Å². The summed E-state index contributed by atoms with van der Waals surface area (Å²) in [6.07, 6.45) is -2.41. The number of phosphoric acid groups is 1. The topological polar surface area (TPSA) is 289 Å². The van der Waals surface area contributed by atoms with Crippen LogP contribution in [0.5, 0.6) is 11.5 Å². The van der Waals surface area contributed by atoms with E-state index in [4.69, 9.17) is 42.0 Å². The molecular weight excluding hydrogens is 1200 g/mol. The molecule has 1 amide bonds. The molecule has 92 heavy (non-hydrogen) atoms. The van der Waals surface area contributed by atoms with Crippen molar-refractivity contribution in [2.75, 3.05) is 46.0 Å². The number of rotatable bonds is 25. The maximum absolute atomic E-state index is 15.1. The van der Waals surface area contributed by atoms with Gasteiger partial charge in [-0.1, -0.05) is 115 Å².